The van der Waals surface area contributed by atoms with Crippen LogP contribution in [0.2, 0.25) is 0 Å². The average Bonchev–Trinajstić information content (AvgIpc) is 2.73. The van der Waals surface area contributed by atoms with Crippen LogP contribution in [0.25, 0.3) is 5.76 Å². The van der Waals surface area contributed by atoms with E-state index in [2.05, 4.69) is 5.16 Å². The molecule has 17 heavy (non-hydrogen) atoms. The molecule has 0 fully saturated rings. The molecule has 0 saturated carbocycles. The van der Waals surface area contributed by atoms with Gasteiger partial charge in [-0.25, -0.2) is 4.79 Å². The Morgan fingerprint density at radius 3 is 3.12 bits per heavy atom. The summed E-state index contributed by atoms with van der Waals surface area (Å²) in [5.74, 6) is 0.160. The van der Waals surface area contributed by atoms with Gasteiger partial charge in [-0.15, -0.1) is 0 Å². The van der Waals surface area contributed by atoms with Crippen LogP contribution in [0.3, 0.4) is 0 Å². The SMILES string of the molecule is CC=NOCC(=O)OC1=CCc2ccccc21. The second-order valence-electron chi connectivity index (χ2n) is 3.54. The van der Waals surface area contributed by atoms with Crippen molar-refractivity contribution >= 4 is 17.9 Å². The molecule has 0 aromatic heterocycles. The number of fused-ring (bicyclic) bond motifs is 1. The molecule has 0 atom stereocenters. The number of esters is 1. The largest absolute Gasteiger partial charge is 0.424 e. The predicted octanol–water partition coefficient (Wildman–Crippen LogP) is 2.15. The highest BCUT2D eigenvalue weighted by Crippen LogP contribution is 2.27. The first-order chi connectivity index (χ1) is 8.31. The van der Waals surface area contributed by atoms with E-state index in [4.69, 9.17) is 9.57 Å². The van der Waals surface area contributed by atoms with Crippen LogP contribution in [0.15, 0.2) is 35.5 Å². The van der Waals surface area contributed by atoms with Gasteiger partial charge in [0.1, 0.15) is 5.76 Å². The van der Waals surface area contributed by atoms with Crippen LogP contribution in [-0.4, -0.2) is 18.8 Å². The van der Waals surface area contributed by atoms with Crippen LogP contribution in [0.5, 0.6) is 0 Å². The first-order valence-corrected chi connectivity index (χ1v) is 5.40. The van der Waals surface area contributed by atoms with Gasteiger partial charge in [-0.3, -0.25) is 0 Å². The van der Waals surface area contributed by atoms with Gasteiger partial charge in [-0.05, 0) is 25.0 Å². The van der Waals surface area contributed by atoms with E-state index in [1.165, 1.54) is 11.8 Å². The number of ether oxygens (including phenoxy) is 1. The number of oxime groups is 1. The molecular formula is C13H13NO3. The zero-order valence-corrected chi connectivity index (χ0v) is 9.55. The van der Waals surface area contributed by atoms with Crippen molar-refractivity contribution < 1.29 is 14.4 Å². The summed E-state index contributed by atoms with van der Waals surface area (Å²) in [6, 6.07) is 7.84. The molecule has 0 radical (unpaired) electrons. The molecule has 0 unspecified atom stereocenters. The third kappa shape index (κ3) is 2.72. The third-order valence-electron chi connectivity index (χ3n) is 2.38. The lowest BCUT2D eigenvalue weighted by molar-refractivity contribution is -0.141. The number of hydrogen-bond donors (Lipinski definition) is 0. The predicted molar refractivity (Wildman–Crippen MR) is 64.3 cm³/mol. The topological polar surface area (TPSA) is 47.9 Å². The molecule has 0 amide bonds. The molecule has 2 rings (SSSR count). The summed E-state index contributed by atoms with van der Waals surface area (Å²) in [5, 5.41) is 3.49. The Balaban J connectivity index is 1.95. The van der Waals surface area contributed by atoms with Crippen molar-refractivity contribution in [3.63, 3.8) is 0 Å². The molecule has 0 spiro atoms. The Kier molecular flexibility index (Phi) is 3.55. The lowest BCUT2D eigenvalue weighted by Gasteiger charge is -2.06. The first kappa shape index (κ1) is 11.4. The molecule has 1 aromatic carbocycles. The summed E-state index contributed by atoms with van der Waals surface area (Å²) < 4.78 is 5.21. The number of nitrogens with zero attached hydrogens (tertiary/aromatic N) is 1. The van der Waals surface area contributed by atoms with Crippen LogP contribution >= 0.6 is 0 Å². The van der Waals surface area contributed by atoms with E-state index in [0.29, 0.717) is 5.76 Å². The smallest absolute Gasteiger partial charge is 0.352 e. The highest BCUT2D eigenvalue weighted by molar-refractivity contribution is 5.81. The Morgan fingerprint density at radius 2 is 2.29 bits per heavy atom. The highest BCUT2D eigenvalue weighted by Gasteiger charge is 2.17. The fraction of sp³-hybridized carbons (Fsp3) is 0.231. The van der Waals surface area contributed by atoms with Crippen LogP contribution < -0.4 is 0 Å². The van der Waals surface area contributed by atoms with E-state index in [1.807, 2.05) is 30.3 Å². The van der Waals surface area contributed by atoms with Crippen LogP contribution in [0.4, 0.5) is 0 Å². The molecule has 0 bridgehead atoms. The number of allylic oxidation sites excluding steroid dienone is 1. The van der Waals surface area contributed by atoms with Gasteiger partial charge in [0.25, 0.3) is 0 Å². The van der Waals surface area contributed by atoms with Crippen molar-refractivity contribution in [2.45, 2.75) is 13.3 Å². The van der Waals surface area contributed by atoms with E-state index in [9.17, 15) is 4.79 Å². The van der Waals surface area contributed by atoms with Gasteiger partial charge in [0.2, 0.25) is 6.61 Å². The lowest BCUT2D eigenvalue weighted by atomic mass is 10.1. The van der Waals surface area contributed by atoms with Crippen molar-refractivity contribution in [3.8, 4) is 0 Å². The maximum Gasteiger partial charge on any atom is 0.352 e. The van der Waals surface area contributed by atoms with Crippen molar-refractivity contribution in [3.05, 3.63) is 41.5 Å². The Bertz CT molecular complexity index is 477. The molecule has 0 aliphatic heterocycles. The number of carbonyl (C=O) groups excluding carboxylic acids is 1. The van der Waals surface area contributed by atoms with E-state index in [0.717, 1.165) is 12.0 Å². The summed E-state index contributed by atoms with van der Waals surface area (Å²) in [7, 11) is 0. The molecule has 1 aliphatic carbocycles. The number of carbonyl (C=O) groups is 1. The average molecular weight is 231 g/mol. The number of benzene rings is 1. The quantitative estimate of drug-likeness (QED) is 0.453. The fourth-order valence-electron chi connectivity index (χ4n) is 1.66. The Morgan fingerprint density at radius 1 is 1.47 bits per heavy atom. The van der Waals surface area contributed by atoms with Crippen LogP contribution in [-0.2, 0) is 20.8 Å². The number of rotatable bonds is 4. The summed E-state index contributed by atoms with van der Waals surface area (Å²) in [6.45, 7) is 1.53. The van der Waals surface area contributed by atoms with Gasteiger partial charge in [-0.2, -0.15) is 0 Å². The Hall–Kier alpha value is -2.10. The zero-order valence-electron chi connectivity index (χ0n) is 9.55. The van der Waals surface area contributed by atoms with Gasteiger partial charge in [0, 0.05) is 11.8 Å². The zero-order chi connectivity index (χ0) is 12.1. The minimum atomic E-state index is -0.446. The molecule has 1 aliphatic rings. The van der Waals surface area contributed by atoms with Crippen molar-refractivity contribution in [2.75, 3.05) is 6.61 Å². The summed E-state index contributed by atoms with van der Waals surface area (Å²) in [4.78, 5) is 16.1. The fourth-order valence-corrected chi connectivity index (χ4v) is 1.66. The molecular weight excluding hydrogens is 218 g/mol. The monoisotopic (exact) mass is 231 g/mol. The molecule has 4 nitrogen and oxygen atoms in total. The molecule has 0 saturated heterocycles. The summed E-state index contributed by atoms with van der Waals surface area (Å²) in [5.41, 5.74) is 2.14. The second kappa shape index (κ2) is 5.30. The van der Waals surface area contributed by atoms with E-state index >= 15 is 0 Å². The van der Waals surface area contributed by atoms with Gasteiger partial charge in [0.15, 0.2) is 0 Å². The minimum absolute atomic E-state index is 0.177. The maximum absolute atomic E-state index is 11.4. The van der Waals surface area contributed by atoms with Crippen molar-refractivity contribution in [1.29, 1.82) is 0 Å². The highest BCUT2D eigenvalue weighted by atomic mass is 16.7. The summed E-state index contributed by atoms with van der Waals surface area (Å²) >= 11 is 0. The van der Waals surface area contributed by atoms with E-state index < -0.39 is 5.97 Å². The standard InChI is InChI=1S/C13H13NO3/c1-2-14-16-9-13(15)17-12-8-7-10-5-3-4-6-11(10)12/h2-6,8H,7,9H2,1H3. The number of hydrogen-bond acceptors (Lipinski definition) is 4. The van der Waals surface area contributed by atoms with Crippen molar-refractivity contribution in [1.82, 2.24) is 0 Å². The minimum Gasteiger partial charge on any atom is -0.424 e. The molecule has 88 valence electrons. The van der Waals surface area contributed by atoms with E-state index in [-0.39, 0.29) is 6.61 Å². The molecule has 1 aromatic rings. The van der Waals surface area contributed by atoms with Crippen LogP contribution in [0, 0.1) is 0 Å². The van der Waals surface area contributed by atoms with Gasteiger partial charge >= 0.3 is 5.97 Å². The van der Waals surface area contributed by atoms with E-state index in [1.54, 1.807) is 6.92 Å². The first-order valence-electron chi connectivity index (χ1n) is 5.40. The van der Waals surface area contributed by atoms with Gasteiger partial charge in [0.05, 0.1) is 0 Å². The lowest BCUT2D eigenvalue weighted by Crippen LogP contribution is -2.09. The normalized spacial score (nSPS) is 13.4. The van der Waals surface area contributed by atoms with Gasteiger partial charge < -0.3 is 9.57 Å². The molecule has 0 N–H and O–H groups in total. The molecule has 4 heteroatoms. The second-order valence-corrected chi connectivity index (χ2v) is 3.54. The van der Waals surface area contributed by atoms with Crippen molar-refractivity contribution in [2.24, 2.45) is 5.16 Å². The Labute approximate surface area is 99.5 Å². The summed E-state index contributed by atoms with van der Waals surface area (Å²) in [6.07, 6.45) is 4.16. The molecule has 0 heterocycles. The van der Waals surface area contributed by atoms with Crippen LogP contribution in [0.1, 0.15) is 18.1 Å². The van der Waals surface area contributed by atoms with Gasteiger partial charge in [-0.1, -0.05) is 29.4 Å². The third-order valence-corrected chi connectivity index (χ3v) is 2.38. The maximum atomic E-state index is 11.4.